The standard InChI is InChI=1S/C27H32N2O9/c1-10-23(31)14(28)7-17(37-10)38-16-9-27(35,11(2)30)8-13-19(16)26(34)21-20(24(13)32)22(29)12-5-4-6-15(36-3)18(12)25(21)33/h4-6,10,14,16-17,23,31-35H,7-9,28-29H2,1-3H3/t10-,14-,16?,17-,23+,27?/m0/s1. The predicted molar refractivity (Wildman–Crippen MR) is 138 cm³/mol. The van der Waals surface area contributed by atoms with Crippen molar-refractivity contribution >= 4 is 33.0 Å². The van der Waals surface area contributed by atoms with Crippen LogP contribution in [0, 0.1) is 0 Å². The van der Waals surface area contributed by atoms with Crippen molar-refractivity contribution in [2.75, 3.05) is 12.8 Å². The molecule has 0 saturated carbocycles. The van der Waals surface area contributed by atoms with Crippen LogP contribution in [0.1, 0.15) is 43.9 Å². The second-order valence-electron chi connectivity index (χ2n) is 10.2. The van der Waals surface area contributed by atoms with Crippen molar-refractivity contribution in [3.8, 4) is 23.0 Å². The van der Waals surface area contributed by atoms with E-state index < -0.39 is 53.5 Å². The van der Waals surface area contributed by atoms with Gasteiger partial charge in [-0.1, -0.05) is 12.1 Å². The highest BCUT2D eigenvalue weighted by molar-refractivity contribution is 6.20. The van der Waals surface area contributed by atoms with Gasteiger partial charge >= 0.3 is 0 Å². The third kappa shape index (κ3) is 3.81. The molecule has 2 unspecified atom stereocenters. The van der Waals surface area contributed by atoms with Crippen LogP contribution in [-0.4, -0.2) is 68.6 Å². The Labute approximate surface area is 218 Å². The lowest BCUT2D eigenvalue weighted by Gasteiger charge is -2.41. The quantitative estimate of drug-likeness (QED) is 0.148. The van der Waals surface area contributed by atoms with E-state index in [-0.39, 0.29) is 58.0 Å². The molecular weight excluding hydrogens is 496 g/mol. The average molecular weight is 529 g/mol. The molecule has 9 N–H and O–H groups in total. The number of aromatic hydroxyl groups is 3. The van der Waals surface area contributed by atoms with Gasteiger partial charge < -0.3 is 51.2 Å². The summed E-state index contributed by atoms with van der Waals surface area (Å²) in [6.07, 6.45) is -4.11. The predicted octanol–water partition coefficient (Wildman–Crippen LogP) is 1.85. The normalized spacial score (nSPS) is 29.4. The number of aliphatic hydroxyl groups is 2. The van der Waals surface area contributed by atoms with Gasteiger partial charge in [0, 0.05) is 41.8 Å². The number of carbonyl (C=O) groups excluding carboxylic acids is 1. The molecule has 204 valence electrons. The maximum atomic E-state index is 12.5. The molecule has 1 saturated heterocycles. The number of nitrogens with two attached hydrogens (primary N) is 2. The highest BCUT2D eigenvalue weighted by Crippen LogP contribution is 2.56. The number of ether oxygens (including phenoxy) is 3. The maximum absolute atomic E-state index is 12.5. The van der Waals surface area contributed by atoms with Crippen LogP contribution in [0.5, 0.6) is 23.0 Å². The molecule has 11 heteroatoms. The monoisotopic (exact) mass is 528 g/mol. The number of phenols is 3. The van der Waals surface area contributed by atoms with Crippen molar-refractivity contribution in [2.45, 2.75) is 69.4 Å². The van der Waals surface area contributed by atoms with Crippen molar-refractivity contribution in [3.05, 3.63) is 29.3 Å². The summed E-state index contributed by atoms with van der Waals surface area (Å²) in [7, 11) is 1.43. The van der Waals surface area contributed by atoms with Crippen LogP contribution in [0.3, 0.4) is 0 Å². The van der Waals surface area contributed by atoms with Crippen molar-refractivity contribution < 1.29 is 44.5 Å². The Balaban J connectivity index is 1.77. The van der Waals surface area contributed by atoms with Gasteiger partial charge in [-0.2, -0.15) is 0 Å². The average Bonchev–Trinajstić information content (AvgIpc) is 2.87. The van der Waals surface area contributed by atoms with Crippen molar-refractivity contribution in [2.24, 2.45) is 5.73 Å². The first-order chi connectivity index (χ1) is 17.9. The topological polar surface area (TPSA) is 198 Å². The smallest absolute Gasteiger partial charge is 0.161 e. The Morgan fingerprint density at radius 3 is 2.47 bits per heavy atom. The zero-order valence-corrected chi connectivity index (χ0v) is 21.3. The van der Waals surface area contributed by atoms with Crippen LogP contribution in [0.4, 0.5) is 5.69 Å². The zero-order valence-electron chi connectivity index (χ0n) is 21.3. The maximum Gasteiger partial charge on any atom is 0.161 e. The van der Waals surface area contributed by atoms with E-state index in [1.165, 1.54) is 14.0 Å². The number of carbonyl (C=O) groups is 1. The summed E-state index contributed by atoms with van der Waals surface area (Å²) < 4.78 is 17.3. The minimum absolute atomic E-state index is 0.0289. The fraction of sp³-hybridized carbons (Fsp3) is 0.444. The Hall–Kier alpha value is -3.35. The Kier molecular flexibility index (Phi) is 6.32. The number of fused-ring (bicyclic) bond motifs is 3. The van der Waals surface area contributed by atoms with Crippen molar-refractivity contribution in [1.29, 1.82) is 0 Å². The Bertz CT molecular complexity index is 1450. The molecule has 1 fully saturated rings. The summed E-state index contributed by atoms with van der Waals surface area (Å²) in [4.78, 5) is 12.5. The second kappa shape index (κ2) is 9.14. The zero-order chi connectivity index (χ0) is 27.7. The molecule has 3 aromatic carbocycles. The minimum Gasteiger partial charge on any atom is -0.507 e. The summed E-state index contributed by atoms with van der Waals surface area (Å²) in [5.74, 6) is -1.44. The molecule has 0 spiro atoms. The fourth-order valence-corrected chi connectivity index (χ4v) is 5.75. The summed E-state index contributed by atoms with van der Waals surface area (Å²) in [5.41, 5.74) is 10.8. The van der Waals surface area contributed by atoms with Crippen LogP contribution >= 0.6 is 0 Å². The van der Waals surface area contributed by atoms with E-state index in [0.29, 0.717) is 11.1 Å². The molecule has 2 aliphatic rings. The lowest BCUT2D eigenvalue weighted by molar-refractivity contribution is -0.247. The van der Waals surface area contributed by atoms with Gasteiger partial charge in [0.1, 0.15) is 28.6 Å². The van der Waals surface area contributed by atoms with E-state index in [9.17, 15) is 30.3 Å². The van der Waals surface area contributed by atoms with Gasteiger partial charge in [-0.05, 0) is 19.9 Å². The van der Waals surface area contributed by atoms with Gasteiger partial charge in [0.05, 0.1) is 47.3 Å². The summed E-state index contributed by atoms with van der Waals surface area (Å²) in [5, 5.41) is 56.3. The van der Waals surface area contributed by atoms with E-state index in [0.717, 1.165) is 0 Å². The van der Waals surface area contributed by atoms with Gasteiger partial charge in [0.25, 0.3) is 0 Å². The lowest BCUT2D eigenvalue weighted by atomic mass is 9.74. The van der Waals surface area contributed by atoms with Gasteiger partial charge in [-0.15, -0.1) is 0 Å². The van der Waals surface area contributed by atoms with Crippen LogP contribution in [0.2, 0.25) is 0 Å². The molecule has 0 aromatic heterocycles. The van der Waals surface area contributed by atoms with Crippen LogP contribution in [0.25, 0.3) is 21.5 Å². The van der Waals surface area contributed by atoms with E-state index in [1.807, 2.05) is 0 Å². The van der Waals surface area contributed by atoms with Gasteiger partial charge in [0.15, 0.2) is 12.1 Å². The number of Topliss-reactive ketones (excluding diaryl/α,β-unsaturated/α-hetero) is 1. The molecule has 6 atom stereocenters. The van der Waals surface area contributed by atoms with E-state index in [4.69, 9.17) is 25.7 Å². The highest BCUT2D eigenvalue weighted by atomic mass is 16.7. The molecule has 0 radical (unpaired) electrons. The molecule has 1 aliphatic carbocycles. The number of benzene rings is 3. The minimum atomic E-state index is -1.92. The molecular formula is C27H32N2O9. The SMILES string of the molecule is COc1cccc2c(N)c3c(O)c4c(c(O)c3c(O)c12)C(O[C@H]1C[C@H](N)[C@H](O)[C@H](C)O1)CC(O)(C(C)=O)C4. The van der Waals surface area contributed by atoms with Crippen LogP contribution in [0.15, 0.2) is 18.2 Å². The summed E-state index contributed by atoms with van der Waals surface area (Å²) >= 11 is 0. The number of hydrogen-bond donors (Lipinski definition) is 7. The van der Waals surface area contributed by atoms with Crippen LogP contribution in [-0.2, 0) is 20.7 Å². The molecule has 1 heterocycles. The highest BCUT2D eigenvalue weighted by Gasteiger charge is 2.47. The van der Waals surface area contributed by atoms with Gasteiger partial charge in [0.2, 0.25) is 0 Å². The van der Waals surface area contributed by atoms with E-state index >= 15 is 0 Å². The summed E-state index contributed by atoms with van der Waals surface area (Å²) in [6, 6.07) is 4.28. The molecule has 0 bridgehead atoms. The number of anilines is 1. The number of phenolic OH excluding ortho intramolecular Hbond substituents is 3. The molecule has 0 amide bonds. The first-order valence-corrected chi connectivity index (χ1v) is 12.3. The van der Waals surface area contributed by atoms with E-state index in [1.54, 1.807) is 25.1 Å². The lowest BCUT2D eigenvalue weighted by Crippen LogP contribution is -2.52. The third-order valence-corrected chi connectivity index (χ3v) is 7.91. The second-order valence-corrected chi connectivity index (χ2v) is 10.2. The first-order valence-electron chi connectivity index (χ1n) is 12.3. The number of rotatable bonds is 4. The largest absolute Gasteiger partial charge is 0.507 e. The summed E-state index contributed by atoms with van der Waals surface area (Å²) in [6.45, 7) is 2.86. The first kappa shape index (κ1) is 26.3. The van der Waals surface area contributed by atoms with Crippen molar-refractivity contribution in [1.82, 2.24) is 0 Å². The molecule has 11 nitrogen and oxygen atoms in total. The number of aliphatic hydroxyl groups excluding tert-OH is 1. The number of hydrogen-bond acceptors (Lipinski definition) is 11. The van der Waals surface area contributed by atoms with E-state index in [2.05, 4.69) is 0 Å². The van der Waals surface area contributed by atoms with Crippen LogP contribution < -0.4 is 16.2 Å². The molecule has 5 rings (SSSR count). The Morgan fingerprint density at radius 1 is 1.13 bits per heavy atom. The number of nitrogen functional groups attached to an aromatic ring is 1. The number of methoxy groups -OCH3 is 1. The van der Waals surface area contributed by atoms with Gasteiger partial charge in [-0.25, -0.2) is 0 Å². The number of ketones is 1. The molecule has 3 aromatic rings. The molecule has 38 heavy (non-hydrogen) atoms. The fourth-order valence-electron chi connectivity index (χ4n) is 5.75. The molecule has 1 aliphatic heterocycles. The van der Waals surface area contributed by atoms with Crippen molar-refractivity contribution in [3.63, 3.8) is 0 Å². The third-order valence-electron chi connectivity index (χ3n) is 7.91. The Morgan fingerprint density at radius 2 is 1.84 bits per heavy atom. The van der Waals surface area contributed by atoms with Gasteiger partial charge in [-0.3, -0.25) is 4.79 Å².